The zero-order valence-corrected chi connectivity index (χ0v) is 22.3. The maximum Gasteiger partial charge on any atom is 0.416 e. The molecule has 1 saturated heterocycles. The molecule has 0 unspecified atom stereocenters. The lowest BCUT2D eigenvalue weighted by Crippen LogP contribution is -2.27. The summed E-state index contributed by atoms with van der Waals surface area (Å²) in [5.74, 6) is -0.727. The molecule has 1 heterocycles. The molecular weight excluding hydrogens is 645 g/mol. The summed E-state index contributed by atoms with van der Waals surface area (Å²) in [6.45, 7) is 0.115. The normalized spacial score (nSPS) is 14.9. The van der Waals surface area contributed by atoms with Crippen LogP contribution in [0, 0.1) is 10.1 Å². The highest BCUT2D eigenvalue weighted by atomic mass is 79.9. The van der Waals surface area contributed by atoms with Gasteiger partial charge in [-0.25, -0.2) is 0 Å². The summed E-state index contributed by atoms with van der Waals surface area (Å²) < 4.78 is 45.5. The van der Waals surface area contributed by atoms with Crippen LogP contribution in [-0.2, 0) is 17.5 Å². The number of amides is 2. The number of halogens is 5. The van der Waals surface area contributed by atoms with E-state index in [9.17, 15) is 32.9 Å². The van der Waals surface area contributed by atoms with Crippen LogP contribution in [0.15, 0.2) is 74.5 Å². The van der Waals surface area contributed by atoms with Gasteiger partial charge in [0.2, 0.25) is 5.75 Å². The van der Waals surface area contributed by atoms with Crippen LogP contribution in [0.2, 0.25) is 0 Å². The van der Waals surface area contributed by atoms with Crippen molar-refractivity contribution in [3.63, 3.8) is 0 Å². The van der Waals surface area contributed by atoms with Crippen LogP contribution in [-0.4, -0.2) is 21.0 Å². The number of hydrogen-bond donors (Lipinski definition) is 0. The third-order valence-electron chi connectivity index (χ3n) is 5.06. The number of benzene rings is 3. The first kappa shape index (κ1) is 26.9. The van der Waals surface area contributed by atoms with Gasteiger partial charge in [-0.1, -0.05) is 34.1 Å². The molecule has 0 spiro atoms. The van der Waals surface area contributed by atoms with Crippen molar-refractivity contribution in [2.45, 2.75) is 12.7 Å². The average Bonchev–Trinajstić information content (AvgIpc) is 3.07. The second-order valence-electron chi connectivity index (χ2n) is 7.63. The number of rotatable bonds is 6. The lowest BCUT2D eigenvalue weighted by Gasteiger charge is -2.12. The van der Waals surface area contributed by atoms with Crippen molar-refractivity contribution >= 4 is 66.5 Å². The quantitative estimate of drug-likeness (QED) is 0.151. The van der Waals surface area contributed by atoms with Crippen LogP contribution in [0.4, 0.5) is 23.7 Å². The number of nitro groups is 1. The zero-order chi connectivity index (χ0) is 26.9. The minimum Gasteiger partial charge on any atom is -0.449 e. The molecule has 0 atom stereocenters. The molecule has 190 valence electrons. The second kappa shape index (κ2) is 10.7. The predicted octanol–water partition coefficient (Wildman–Crippen LogP) is 8.17. The summed E-state index contributed by atoms with van der Waals surface area (Å²) in [6.07, 6.45) is -3.23. The molecule has 7 nitrogen and oxygen atoms in total. The first-order valence-electron chi connectivity index (χ1n) is 10.3. The van der Waals surface area contributed by atoms with E-state index in [0.717, 1.165) is 32.8 Å². The number of carbonyl (C=O) groups is 2. The Hall–Kier alpha value is -3.16. The minimum absolute atomic E-state index is 0.0998. The molecule has 3 aromatic carbocycles. The molecule has 13 heteroatoms. The van der Waals surface area contributed by atoms with Crippen molar-refractivity contribution in [3.05, 3.63) is 101 Å². The van der Waals surface area contributed by atoms with E-state index in [-0.39, 0.29) is 22.9 Å². The smallest absolute Gasteiger partial charge is 0.416 e. The second-order valence-corrected chi connectivity index (χ2v) is 10.4. The molecule has 0 aliphatic carbocycles. The number of nitro benzene ring substituents is 1. The van der Waals surface area contributed by atoms with Crippen LogP contribution < -0.4 is 4.74 Å². The van der Waals surface area contributed by atoms with Crippen LogP contribution >= 0.6 is 43.6 Å². The molecule has 0 radical (unpaired) electrons. The fraction of sp³-hybridized carbons (Fsp3) is 0.0833. The van der Waals surface area contributed by atoms with Crippen LogP contribution in [0.25, 0.3) is 6.08 Å². The summed E-state index contributed by atoms with van der Waals surface area (Å²) >= 11 is 7.42. The molecule has 3 aromatic rings. The fourth-order valence-corrected chi connectivity index (χ4v) is 5.10. The van der Waals surface area contributed by atoms with E-state index in [0.29, 0.717) is 22.2 Å². The summed E-state index contributed by atoms with van der Waals surface area (Å²) in [4.78, 5) is 36.9. The van der Waals surface area contributed by atoms with Gasteiger partial charge in [-0.3, -0.25) is 24.6 Å². The Bertz CT molecular complexity index is 1460. The largest absolute Gasteiger partial charge is 0.449 e. The highest BCUT2D eigenvalue weighted by molar-refractivity contribution is 9.10. The van der Waals surface area contributed by atoms with Crippen LogP contribution in [0.5, 0.6) is 11.5 Å². The van der Waals surface area contributed by atoms with Crippen molar-refractivity contribution in [1.29, 1.82) is 0 Å². The SMILES string of the molecule is O=C1S/C(=C/c2ccc(Oc3ccc(C(F)(F)F)cc3[N+](=O)[O-])c(Br)c2)C(=O)N1Cc1cccc(Br)c1. The number of thioether (sulfide) groups is 1. The maximum atomic E-state index is 12.9. The minimum atomic E-state index is -4.75. The van der Waals surface area contributed by atoms with E-state index in [1.54, 1.807) is 18.2 Å². The molecule has 0 N–H and O–H groups in total. The maximum absolute atomic E-state index is 12.9. The monoisotopic (exact) mass is 656 g/mol. The molecule has 1 aliphatic heterocycles. The molecule has 37 heavy (non-hydrogen) atoms. The van der Waals surface area contributed by atoms with E-state index >= 15 is 0 Å². The molecule has 0 saturated carbocycles. The Morgan fingerprint density at radius 2 is 1.76 bits per heavy atom. The first-order valence-corrected chi connectivity index (χ1v) is 12.7. The molecule has 4 rings (SSSR count). The van der Waals surface area contributed by atoms with E-state index < -0.39 is 33.5 Å². The molecule has 0 bridgehead atoms. The lowest BCUT2D eigenvalue weighted by molar-refractivity contribution is -0.385. The van der Waals surface area contributed by atoms with Gasteiger partial charge in [-0.2, -0.15) is 13.2 Å². The van der Waals surface area contributed by atoms with E-state index in [4.69, 9.17) is 4.74 Å². The highest BCUT2D eigenvalue weighted by Gasteiger charge is 2.35. The number of alkyl halides is 3. The number of imide groups is 1. The predicted molar refractivity (Wildman–Crippen MR) is 138 cm³/mol. The number of nitrogens with zero attached hydrogens (tertiary/aromatic N) is 2. The standard InChI is InChI=1S/C24H13Br2F3N2O5S/c25-16-3-1-2-14(8-16)12-30-22(32)21(37-23(30)33)10-13-4-6-19(17(26)9-13)36-20-7-5-15(24(27,28)29)11-18(20)31(34)35/h1-11H,12H2/b21-10+. The highest BCUT2D eigenvalue weighted by Crippen LogP contribution is 2.40. The van der Waals surface area contributed by atoms with Crippen LogP contribution in [0.3, 0.4) is 0 Å². The molecule has 1 aliphatic rings. The third-order valence-corrected chi connectivity index (χ3v) is 7.08. The number of hydrogen-bond acceptors (Lipinski definition) is 6. The number of ether oxygens (including phenoxy) is 1. The van der Waals surface area contributed by atoms with E-state index in [2.05, 4.69) is 31.9 Å². The molecule has 2 amide bonds. The van der Waals surface area contributed by atoms with Crippen molar-refractivity contribution in [2.24, 2.45) is 0 Å². The first-order chi connectivity index (χ1) is 17.4. The van der Waals surface area contributed by atoms with Gasteiger partial charge in [0.25, 0.3) is 11.1 Å². The zero-order valence-electron chi connectivity index (χ0n) is 18.3. The topological polar surface area (TPSA) is 89.7 Å². The average molecular weight is 658 g/mol. The van der Waals surface area contributed by atoms with Gasteiger partial charge in [0, 0.05) is 10.5 Å². The summed E-state index contributed by atoms with van der Waals surface area (Å²) in [5.41, 5.74) is -0.714. The fourth-order valence-electron chi connectivity index (χ4n) is 3.34. The van der Waals surface area contributed by atoms with Gasteiger partial charge in [-0.05, 0) is 81.3 Å². The van der Waals surface area contributed by atoms with Crippen molar-refractivity contribution in [1.82, 2.24) is 4.90 Å². The van der Waals surface area contributed by atoms with E-state index in [1.807, 2.05) is 12.1 Å². The van der Waals surface area contributed by atoms with E-state index in [1.165, 1.54) is 18.2 Å². The Morgan fingerprint density at radius 3 is 2.41 bits per heavy atom. The van der Waals surface area contributed by atoms with Gasteiger partial charge < -0.3 is 4.74 Å². The summed E-state index contributed by atoms with van der Waals surface area (Å²) in [7, 11) is 0. The van der Waals surface area contributed by atoms with Gasteiger partial charge in [0.1, 0.15) is 5.75 Å². The third kappa shape index (κ3) is 6.22. The lowest BCUT2D eigenvalue weighted by atomic mass is 10.1. The Morgan fingerprint density at radius 1 is 1.03 bits per heavy atom. The summed E-state index contributed by atoms with van der Waals surface area (Å²) in [5, 5.41) is 10.9. The summed E-state index contributed by atoms with van der Waals surface area (Å²) in [6, 6.07) is 13.7. The van der Waals surface area contributed by atoms with Gasteiger partial charge >= 0.3 is 11.9 Å². The Kier molecular flexibility index (Phi) is 7.76. The van der Waals surface area contributed by atoms with Gasteiger partial charge in [0.05, 0.1) is 26.4 Å². The van der Waals surface area contributed by atoms with Gasteiger partial charge in [0.15, 0.2) is 0 Å². The van der Waals surface area contributed by atoms with Crippen LogP contribution in [0.1, 0.15) is 16.7 Å². The van der Waals surface area contributed by atoms with Crippen molar-refractivity contribution < 1.29 is 32.4 Å². The number of carbonyl (C=O) groups excluding carboxylic acids is 2. The van der Waals surface area contributed by atoms with Gasteiger partial charge in [-0.15, -0.1) is 0 Å². The molecule has 1 fully saturated rings. The Labute approximate surface area is 228 Å². The van der Waals surface area contributed by atoms with Crippen molar-refractivity contribution in [3.8, 4) is 11.5 Å². The molecule has 0 aromatic heterocycles. The Balaban J connectivity index is 1.54. The molecular formula is C24H13Br2F3N2O5S. The van der Waals surface area contributed by atoms with Crippen molar-refractivity contribution in [2.75, 3.05) is 0 Å².